The Morgan fingerprint density at radius 2 is 2.14 bits per heavy atom. The monoisotopic (exact) mass is 295 g/mol. The van der Waals surface area contributed by atoms with Crippen molar-refractivity contribution in [3.05, 3.63) is 18.2 Å². The molecule has 2 rings (SSSR count). The Morgan fingerprint density at radius 1 is 1.38 bits per heavy atom. The van der Waals surface area contributed by atoms with Gasteiger partial charge in [-0.1, -0.05) is 0 Å². The van der Waals surface area contributed by atoms with Crippen molar-refractivity contribution in [1.29, 1.82) is 0 Å². The molecule has 1 N–H and O–H groups in total. The van der Waals surface area contributed by atoms with Crippen molar-refractivity contribution in [2.24, 2.45) is 0 Å². The molecule has 0 aliphatic carbocycles. The lowest BCUT2D eigenvalue weighted by atomic mass is 10.3. The summed E-state index contributed by atoms with van der Waals surface area (Å²) in [6.07, 6.45) is 3.60. The first-order valence-corrected chi connectivity index (χ1v) is 7.36. The van der Waals surface area contributed by atoms with Gasteiger partial charge in [0.25, 0.3) is 0 Å². The molecule has 0 spiro atoms. The van der Waals surface area contributed by atoms with Gasteiger partial charge in [-0.25, -0.2) is 4.98 Å². The third kappa shape index (κ3) is 4.80. The molecular weight excluding hydrogens is 270 g/mol. The van der Waals surface area contributed by atoms with Crippen LogP contribution >= 0.6 is 0 Å². The fraction of sp³-hybridized carbons (Fsp3) is 0.714. The number of aromatic nitrogens is 2. The molecule has 118 valence electrons. The molecule has 1 aliphatic rings. The quantitative estimate of drug-likeness (QED) is 0.680. The zero-order valence-corrected chi connectivity index (χ0v) is 12.9. The summed E-state index contributed by atoms with van der Waals surface area (Å²) in [5.74, 6) is 1.05. The highest BCUT2D eigenvalue weighted by Gasteiger charge is 2.19. The maximum Gasteiger partial charge on any atom is 0.242 e. The van der Waals surface area contributed by atoms with E-state index in [2.05, 4.69) is 22.2 Å². The largest absolute Gasteiger partial charge is 0.383 e. The minimum atomic E-state index is 0.166. The standard InChI is InChI=1S/C14H25N5O2/c1-17-6-8-18(9-7-17)14(20)12-19-5-3-16-13(19)11-15-4-10-21-2/h3,5,15H,4,6-12H2,1-2H3. The maximum absolute atomic E-state index is 12.3. The number of methoxy groups -OCH3 is 1. The van der Waals surface area contributed by atoms with Gasteiger partial charge in [0.05, 0.1) is 13.2 Å². The zero-order valence-electron chi connectivity index (χ0n) is 12.9. The molecule has 21 heavy (non-hydrogen) atoms. The van der Waals surface area contributed by atoms with Crippen LogP contribution in [0, 0.1) is 0 Å². The van der Waals surface area contributed by atoms with Crippen LogP contribution in [0.1, 0.15) is 5.82 Å². The van der Waals surface area contributed by atoms with Crippen LogP contribution in [0.4, 0.5) is 0 Å². The van der Waals surface area contributed by atoms with Gasteiger partial charge in [-0.2, -0.15) is 0 Å². The van der Waals surface area contributed by atoms with E-state index in [0.29, 0.717) is 19.7 Å². The second-order valence-electron chi connectivity index (χ2n) is 5.33. The predicted octanol–water partition coefficient (Wildman–Crippen LogP) is -0.607. The van der Waals surface area contributed by atoms with Crippen molar-refractivity contribution in [1.82, 2.24) is 24.7 Å². The van der Waals surface area contributed by atoms with Crippen molar-refractivity contribution in [3.63, 3.8) is 0 Å². The van der Waals surface area contributed by atoms with E-state index in [4.69, 9.17) is 4.74 Å². The summed E-state index contributed by atoms with van der Waals surface area (Å²) in [6, 6.07) is 0. The SMILES string of the molecule is COCCNCc1nccn1CC(=O)N1CCN(C)CC1. The highest BCUT2D eigenvalue weighted by molar-refractivity contribution is 5.76. The summed E-state index contributed by atoms with van der Waals surface area (Å²) < 4.78 is 6.91. The van der Waals surface area contributed by atoms with Crippen LogP contribution in [-0.2, 0) is 22.6 Å². The summed E-state index contributed by atoms with van der Waals surface area (Å²) in [4.78, 5) is 20.8. The number of carbonyl (C=O) groups excluding carboxylic acids is 1. The lowest BCUT2D eigenvalue weighted by Crippen LogP contribution is -2.48. The van der Waals surface area contributed by atoms with E-state index < -0.39 is 0 Å². The molecule has 0 atom stereocenters. The molecule has 0 unspecified atom stereocenters. The van der Waals surface area contributed by atoms with Crippen LogP contribution in [0.3, 0.4) is 0 Å². The Hall–Kier alpha value is -1.44. The fourth-order valence-corrected chi connectivity index (χ4v) is 2.33. The average molecular weight is 295 g/mol. The molecule has 0 bridgehead atoms. The van der Waals surface area contributed by atoms with Gasteiger partial charge in [-0.15, -0.1) is 0 Å². The Kier molecular flexibility index (Phi) is 6.16. The third-order valence-electron chi connectivity index (χ3n) is 3.73. The molecule has 7 nitrogen and oxygen atoms in total. The van der Waals surface area contributed by atoms with E-state index in [9.17, 15) is 4.79 Å². The Bertz CT molecular complexity index is 440. The fourth-order valence-electron chi connectivity index (χ4n) is 2.33. The van der Waals surface area contributed by atoms with Crippen molar-refractivity contribution in [2.45, 2.75) is 13.1 Å². The van der Waals surface area contributed by atoms with Crippen molar-refractivity contribution < 1.29 is 9.53 Å². The number of nitrogens with zero attached hydrogens (tertiary/aromatic N) is 4. The number of ether oxygens (including phenoxy) is 1. The molecule has 7 heteroatoms. The van der Waals surface area contributed by atoms with E-state index in [1.165, 1.54) is 0 Å². The van der Waals surface area contributed by atoms with Gasteiger partial charge in [0, 0.05) is 52.2 Å². The van der Waals surface area contributed by atoms with Gasteiger partial charge < -0.3 is 24.4 Å². The summed E-state index contributed by atoms with van der Waals surface area (Å²) in [5, 5.41) is 3.25. The second-order valence-corrected chi connectivity index (χ2v) is 5.33. The summed E-state index contributed by atoms with van der Waals surface area (Å²) in [7, 11) is 3.76. The van der Waals surface area contributed by atoms with Crippen molar-refractivity contribution in [2.75, 3.05) is 53.5 Å². The van der Waals surface area contributed by atoms with Gasteiger partial charge >= 0.3 is 0 Å². The van der Waals surface area contributed by atoms with E-state index in [0.717, 1.165) is 38.5 Å². The van der Waals surface area contributed by atoms with Crippen molar-refractivity contribution in [3.8, 4) is 0 Å². The number of hydrogen-bond donors (Lipinski definition) is 1. The lowest BCUT2D eigenvalue weighted by Gasteiger charge is -2.32. The number of piperazine rings is 1. The summed E-state index contributed by atoms with van der Waals surface area (Å²) in [6.45, 7) is 5.97. The normalized spacial score (nSPS) is 16.4. The van der Waals surface area contributed by atoms with Crippen LogP contribution in [0.15, 0.2) is 12.4 Å². The number of imidazole rings is 1. The first-order valence-electron chi connectivity index (χ1n) is 7.36. The summed E-state index contributed by atoms with van der Waals surface area (Å²) >= 11 is 0. The molecule has 1 fully saturated rings. The number of rotatable bonds is 7. The Balaban J connectivity index is 1.82. The molecular formula is C14H25N5O2. The zero-order chi connectivity index (χ0) is 15.1. The smallest absolute Gasteiger partial charge is 0.242 e. The predicted molar refractivity (Wildman–Crippen MR) is 79.9 cm³/mol. The van der Waals surface area contributed by atoms with E-state index in [1.54, 1.807) is 13.3 Å². The van der Waals surface area contributed by atoms with Gasteiger partial charge in [0.15, 0.2) is 0 Å². The van der Waals surface area contributed by atoms with Gasteiger partial charge in [0.2, 0.25) is 5.91 Å². The topological polar surface area (TPSA) is 62.6 Å². The lowest BCUT2D eigenvalue weighted by molar-refractivity contribution is -0.133. The van der Waals surface area contributed by atoms with Crippen LogP contribution < -0.4 is 5.32 Å². The molecule has 0 radical (unpaired) electrons. The minimum absolute atomic E-state index is 0.166. The van der Waals surface area contributed by atoms with Gasteiger partial charge in [0.1, 0.15) is 12.4 Å². The molecule has 1 aromatic heterocycles. The van der Waals surface area contributed by atoms with E-state index in [1.807, 2.05) is 15.7 Å². The van der Waals surface area contributed by atoms with Gasteiger partial charge in [-0.3, -0.25) is 4.79 Å². The first kappa shape index (κ1) is 15.9. The number of likely N-dealkylation sites (N-methyl/N-ethyl adjacent to an activating group) is 1. The molecule has 1 aliphatic heterocycles. The number of carbonyl (C=O) groups is 1. The second kappa shape index (κ2) is 8.11. The Labute approximate surface area is 125 Å². The Morgan fingerprint density at radius 3 is 2.86 bits per heavy atom. The number of nitrogens with one attached hydrogen (secondary N) is 1. The third-order valence-corrected chi connectivity index (χ3v) is 3.73. The van der Waals surface area contributed by atoms with E-state index in [-0.39, 0.29) is 5.91 Å². The highest BCUT2D eigenvalue weighted by Crippen LogP contribution is 2.04. The average Bonchev–Trinajstić information content (AvgIpc) is 2.91. The molecule has 0 aromatic carbocycles. The highest BCUT2D eigenvalue weighted by atomic mass is 16.5. The van der Waals surface area contributed by atoms with Crippen LogP contribution in [0.5, 0.6) is 0 Å². The molecule has 0 saturated carbocycles. The maximum atomic E-state index is 12.3. The van der Waals surface area contributed by atoms with Crippen LogP contribution in [-0.4, -0.2) is 78.7 Å². The van der Waals surface area contributed by atoms with Gasteiger partial charge in [-0.05, 0) is 7.05 Å². The molecule has 2 heterocycles. The van der Waals surface area contributed by atoms with Crippen LogP contribution in [0.2, 0.25) is 0 Å². The first-order chi connectivity index (χ1) is 10.2. The number of hydrogen-bond acceptors (Lipinski definition) is 5. The minimum Gasteiger partial charge on any atom is -0.383 e. The van der Waals surface area contributed by atoms with Crippen LogP contribution in [0.25, 0.3) is 0 Å². The molecule has 1 amide bonds. The summed E-state index contributed by atoms with van der Waals surface area (Å²) in [5.41, 5.74) is 0. The van der Waals surface area contributed by atoms with Crippen molar-refractivity contribution >= 4 is 5.91 Å². The number of amides is 1. The van der Waals surface area contributed by atoms with E-state index >= 15 is 0 Å². The molecule has 1 saturated heterocycles. The molecule has 1 aromatic rings.